The van der Waals surface area contributed by atoms with Crippen molar-refractivity contribution in [2.24, 2.45) is 7.05 Å². The fraction of sp³-hybridized carbons (Fsp3) is 0.545. The lowest BCUT2D eigenvalue weighted by atomic mass is 10.1. The summed E-state index contributed by atoms with van der Waals surface area (Å²) in [7, 11) is 2.00. The molecule has 1 N–H and O–H groups in total. The smallest absolute Gasteiger partial charge is 0.122 e. The van der Waals surface area contributed by atoms with Crippen molar-refractivity contribution in [2.45, 2.75) is 25.5 Å². The molecule has 0 bridgehead atoms. The number of hydrogen-bond donors (Lipinski definition) is 1. The van der Waals surface area contributed by atoms with E-state index in [0.29, 0.717) is 6.10 Å². The van der Waals surface area contributed by atoms with Gasteiger partial charge >= 0.3 is 0 Å². The first kappa shape index (κ1) is 10.2. The third kappa shape index (κ3) is 2.83. The second-order valence-corrected chi connectivity index (χ2v) is 3.79. The summed E-state index contributed by atoms with van der Waals surface area (Å²) in [5.74, 6) is 1.06. The lowest BCUT2D eigenvalue weighted by molar-refractivity contribution is 0.122. The molecule has 0 radical (unpaired) electrons. The summed E-state index contributed by atoms with van der Waals surface area (Å²) in [6.45, 7) is 1.68. The normalized spacial score (nSPS) is 20.2. The molecule has 1 atom stereocenters. The molecule has 4 heteroatoms. The Balaban J connectivity index is 1.71. The van der Waals surface area contributed by atoms with Crippen LogP contribution in [-0.2, 0) is 18.3 Å². The van der Waals surface area contributed by atoms with Crippen molar-refractivity contribution in [3.05, 3.63) is 30.6 Å². The van der Waals surface area contributed by atoms with E-state index < -0.39 is 0 Å². The average Bonchev–Trinajstić information content (AvgIpc) is 2.66. The summed E-state index contributed by atoms with van der Waals surface area (Å²) in [6.07, 6.45) is 10.2. The fourth-order valence-electron chi connectivity index (χ4n) is 1.65. The average molecular weight is 207 g/mol. The van der Waals surface area contributed by atoms with Gasteiger partial charge in [-0.05, 0) is 18.9 Å². The number of nitrogens with zero attached hydrogens (tertiary/aromatic N) is 2. The summed E-state index contributed by atoms with van der Waals surface area (Å²) < 4.78 is 7.48. The first-order valence-electron chi connectivity index (χ1n) is 5.33. The number of nitrogens with one attached hydrogen (secondary N) is 1. The van der Waals surface area contributed by atoms with Gasteiger partial charge in [-0.2, -0.15) is 0 Å². The zero-order valence-electron chi connectivity index (χ0n) is 9.02. The third-order valence-corrected chi connectivity index (χ3v) is 2.60. The fourth-order valence-corrected chi connectivity index (χ4v) is 1.65. The lowest BCUT2D eigenvalue weighted by Gasteiger charge is -2.19. The summed E-state index contributed by atoms with van der Waals surface area (Å²) in [6, 6.07) is 0. The zero-order valence-corrected chi connectivity index (χ0v) is 9.02. The summed E-state index contributed by atoms with van der Waals surface area (Å²) in [4.78, 5) is 4.24. The molecule has 1 aromatic heterocycles. The second-order valence-electron chi connectivity index (χ2n) is 3.79. The van der Waals surface area contributed by atoms with Crippen LogP contribution in [0.15, 0.2) is 24.7 Å². The molecule has 0 aromatic carbocycles. The van der Waals surface area contributed by atoms with E-state index in [-0.39, 0.29) is 0 Å². The lowest BCUT2D eigenvalue weighted by Crippen LogP contribution is -2.29. The molecule has 0 aliphatic carbocycles. The van der Waals surface area contributed by atoms with E-state index in [0.717, 1.165) is 31.8 Å². The van der Waals surface area contributed by atoms with E-state index in [2.05, 4.69) is 16.4 Å². The van der Waals surface area contributed by atoms with Gasteiger partial charge in [0.25, 0.3) is 0 Å². The van der Waals surface area contributed by atoms with Crippen molar-refractivity contribution in [1.82, 2.24) is 14.9 Å². The highest BCUT2D eigenvalue weighted by Crippen LogP contribution is 2.09. The predicted molar refractivity (Wildman–Crippen MR) is 58.2 cm³/mol. The molecule has 1 unspecified atom stereocenters. The first-order valence-corrected chi connectivity index (χ1v) is 5.33. The second kappa shape index (κ2) is 4.98. The van der Waals surface area contributed by atoms with E-state index in [4.69, 9.17) is 4.74 Å². The van der Waals surface area contributed by atoms with Gasteiger partial charge in [0.2, 0.25) is 0 Å². The number of aromatic nitrogens is 2. The van der Waals surface area contributed by atoms with Crippen LogP contribution in [0.2, 0.25) is 0 Å². The van der Waals surface area contributed by atoms with Crippen molar-refractivity contribution >= 4 is 0 Å². The van der Waals surface area contributed by atoms with Crippen LogP contribution in [-0.4, -0.2) is 22.2 Å². The van der Waals surface area contributed by atoms with Gasteiger partial charge in [-0.15, -0.1) is 0 Å². The van der Waals surface area contributed by atoms with Gasteiger partial charge in [0.1, 0.15) is 11.9 Å². The van der Waals surface area contributed by atoms with E-state index in [1.807, 2.05) is 24.0 Å². The molecule has 1 aromatic rings. The van der Waals surface area contributed by atoms with Gasteiger partial charge in [-0.25, -0.2) is 4.98 Å². The van der Waals surface area contributed by atoms with E-state index in [1.165, 1.54) is 0 Å². The number of rotatable bonds is 4. The predicted octanol–water partition coefficient (Wildman–Crippen LogP) is 1.20. The molecule has 0 fully saturated rings. The minimum Gasteiger partial charge on any atom is -0.497 e. The third-order valence-electron chi connectivity index (χ3n) is 2.60. The SMILES string of the molecule is Cn1ccnc1CNCC1CCC=CO1. The highest BCUT2D eigenvalue weighted by atomic mass is 16.5. The van der Waals surface area contributed by atoms with Crippen LogP contribution >= 0.6 is 0 Å². The molecule has 2 rings (SSSR count). The van der Waals surface area contributed by atoms with E-state index >= 15 is 0 Å². The van der Waals surface area contributed by atoms with Crippen molar-refractivity contribution in [3.63, 3.8) is 0 Å². The molecule has 4 nitrogen and oxygen atoms in total. The molecule has 0 saturated heterocycles. The number of allylic oxidation sites excluding steroid dienone is 1. The van der Waals surface area contributed by atoms with Crippen LogP contribution in [0.5, 0.6) is 0 Å². The van der Waals surface area contributed by atoms with Crippen LogP contribution in [0.3, 0.4) is 0 Å². The first-order chi connectivity index (χ1) is 7.36. The van der Waals surface area contributed by atoms with Crippen LogP contribution in [0.4, 0.5) is 0 Å². The molecule has 2 heterocycles. The standard InChI is InChI=1S/C11H17N3O/c1-14-6-5-13-11(14)9-12-8-10-4-2-3-7-15-10/h3,5-7,10,12H,2,4,8-9H2,1H3. The number of imidazole rings is 1. The summed E-state index contributed by atoms with van der Waals surface area (Å²) in [5.41, 5.74) is 0. The largest absolute Gasteiger partial charge is 0.497 e. The molecular weight excluding hydrogens is 190 g/mol. The Hall–Kier alpha value is -1.29. The Labute approximate surface area is 90.0 Å². The van der Waals surface area contributed by atoms with Crippen LogP contribution in [0, 0.1) is 0 Å². The van der Waals surface area contributed by atoms with Gasteiger partial charge in [-0.3, -0.25) is 0 Å². The Kier molecular flexibility index (Phi) is 3.40. The van der Waals surface area contributed by atoms with E-state index in [9.17, 15) is 0 Å². The Bertz CT molecular complexity index is 332. The van der Waals surface area contributed by atoms with Crippen molar-refractivity contribution < 1.29 is 4.74 Å². The Morgan fingerprint density at radius 3 is 3.27 bits per heavy atom. The Morgan fingerprint density at radius 1 is 1.67 bits per heavy atom. The van der Waals surface area contributed by atoms with Gasteiger partial charge in [0.15, 0.2) is 0 Å². The number of aryl methyl sites for hydroxylation is 1. The highest BCUT2D eigenvalue weighted by Gasteiger charge is 2.10. The van der Waals surface area contributed by atoms with Crippen LogP contribution in [0.1, 0.15) is 18.7 Å². The highest BCUT2D eigenvalue weighted by molar-refractivity contribution is 4.90. The molecule has 0 spiro atoms. The van der Waals surface area contributed by atoms with Crippen LogP contribution < -0.4 is 5.32 Å². The Morgan fingerprint density at radius 2 is 2.60 bits per heavy atom. The number of hydrogen-bond acceptors (Lipinski definition) is 3. The monoisotopic (exact) mass is 207 g/mol. The zero-order chi connectivity index (χ0) is 10.5. The molecule has 1 aliphatic heterocycles. The van der Waals surface area contributed by atoms with Gasteiger partial charge in [0, 0.05) is 26.0 Å². The van der Waals surface area contributed by atoms with Gasteiger partial charge in [-0.1, -0.05) is 0 Å². The minimum absolute atomic E-state index is 0.315. The molecular formula is C11H17N3O. The van der Waals surface area contributed by atoms with Crippen molar-refractivity contribution in [2.75, 3.05) is 6.54 Å². The summed E-state index contributed by atoms with van der Waals surface area (Å²) >= 11 is 0. The quantitative estimate of drug-likeness (QED) is 0.806. The minimum atomic E-state index is 0.315. The molecule has 0 amide bonds. The van der Waals surface area contributed by atoms with Gasteiger partial charge in [0.05, 0.1) is 12.8 Å². The van der Waals surface area contributed by atoms with Crippen molar-refractivity contribution in [3.8, 4) is 0 Å². The van der Waals surface area contributed by atoms with Crippen molar-refractivity contribution in [1.29, 1.82) is 0 Å². The van der Waals surface area contributed by atoms with Gasteiger partial charge < -0.3 is 14.6 Å². The molecule has 0 saturated carbocycles. The van der Waals surface area contributed by atoms with E-state index in [1.54, 1.807) is 6.26 Å². The topological polar surface area (TPSA) is 39.1 Å². The maximum absolute atomic E-state index is 5.46. The molecule has 82 valence electrons. The molecule has 15 heavy (non-hydrogen) atoms. The molecule has 1 aliphatic rings. The van der Waals surface area contributed by atoms with Crippen LogP contribution in [0.25, 0.3) is 0 Å². The maximum atomic E-state index is 5.46. The maximum Gasteiger partial charge on any atom is 0.122 e. The number of ether oxygens (including phenoxy) is 1. The summed E-state index contributed by atoms with van der Waals surface area (Å²) in [5, 5.41) is 3.36.